The van der Waals surface area contributed by atoms with Crippen molar-refractivity contribution in [1.29, 1.82) is 0 Å². The molecule has 0 radical (unpaired) electrons. The highest BCUT2D eigenvalue weighted by molar-refractivity contribution is 5.75. The van der Waals surface area contributed by atoms with Gasteiger partial charge in [0.25, 0.3) is 0 Å². The van der Waals surface area contributed by atoms with Gasteiger partial charge < -0.3 is 15.2 Å². The molecule has 1 saturated carbocycles. The molecule has 126 valence electrons. The van der Waals surface area contributed by atoms with Crippen LogP contribution in [0.25, 0.3) is 0 Å². The molecule has 0 saturated heterocycles. The number of carbonyl (C=O) groups excluding carboxylic acids is 2. The predicted molar refractivity (Wildman–Crippen MR) is 86.9 cm³/mol. The van der Waals surface area contributed by atoms with Gasteiger partial charge in [0.1, 0.15) is 5.75 Å². The molecule has 0 aliphatic heterocycles. The number of carbonyl (C=O) groups is 2. The third-order valence-corrected chi connectivity index (χ3v) is 4.50. The Morgan fingerprint density at radius 3 is 2.35 bits per heavy atom. The van der Waals surface area contributed by atoms with Crippen LogP contribution in [0.1, 0.15) is 37.7 Å². The van der Waals surface area contributed by atoms with Crippen LogP contribution in [0.5, 0.6) is 5.75 Å². The Bertz CT molecular complexity index is 518. The summed E-state index contributed by atoms with van der Waals surface area (Å²) in [6.07, 6.45) is 4.69. The zero-order valence-electron chi connectivity index (χ0n) is 13.6. The number of nitrogens with two attached hydrogens (primary N) is 1. The third-order valence-electron chi connectivity index (χ3n) is 4.50. The molecule has 0 amide bonds. The van der Waals surface area contributed by atoms with E-state index in [4.69, 9.17) is 10.5 Å². The van der Waals surface area contributed by atoms with Gasteiger partial charge in [0.2, 0.25) is 0 Å². The lowest BCUT2D eigenvalue weighted by Gasteiger charge is -2.26. The lowest BCUT2D eigenvalue weighted by atomic mass is 9.82. The minimum atomic E-state index is -0.228. The van der Waals surface area contributed by atoms with E-state index < -0.39 is 0 Å². The van der Waals surface area contributed by atoms with Gasteiger partial charge in [-0.3, -0.25) is 9.59 Å². The molecule has 1 aromatic rings. The van der Waals surface area contributed by atoms with Gasteiger partial charge in [0, 0.05) is 6.42 Å². The number of hydrogen-bond acceptors (Lipinski definition) is 5. The molecule has 2 N–H and O–H groups in total. The van der Waals surface area contributed by atoms with E-state index in [0.29, 0.717) is 31.1 Å². The third kappa shape index (κ3) is 5.36. The Balaban J connectivity index is 1.81. The van der Waals surface area contributed by atoms with Gasteiger partial charge in [-0.15, -0.1) is 0 Å². The largest absolute Gasteiger partial charge is 0.469 e. The Morgan fingerprint density at radius 2 is 1.78 bits per heavy atom. The maximum atomic E-state index is 12.2. The quantitative estimate of drug-likeness (QED) is 0.643. The van der Waals surface area contributed by atoms with Crippen molar-refractivity contribution in [2.24, 2.45) is 17.6 Å². The van der Waals surface area contributed by atoms with Crippen molar-refractivity contribution in [3.8, 4) is 5.75 Å². The summed E-state index contributed by atoms with van der Waals surface area (Å²) in [6.45, 7) is 0.703. The number of ether oxygens (including phenoxy) is 2. The maximum Gasteiger partial charge on any atom is 0.314 e. The smallest absolute Gasteiger partial charge is 0.314 e. The summed E-state index contributed by atoms with van der Waals surface area (Å²) in [5.74, 6) is 0.707. The molecule has 0 heterocycles. The van der Waals surface area contributed by atoms with Crippen LogP contribution >= 0.6 is 0 Å². The van der Waals surface area contributed by atoms with E-state index in [0.717, 1.165) is 31.2 Å². The number of esters is 2. The number of rotatable bonds is 6. The fourth-order valence-electron chi connectivity index (χ4n) is 2.91. The molecule has 2 rings (SSSR count). The summed E-state index contributed by atoms with van der Waals surface area (Å²) in [5, 5.41) is 0. The van der Waals surface area contributed by atoms with E-state index in [1.807, 2.05) is 12.1 Å². The molecular formula is C18H25NO4. The summed E-state index contributed by atoms with van der Waals surface area (Å²) in [4.78, 5) is 23.3. The minimum absolute atomic E-state index is 0.0169. The van der Waals surface area contributed by atoms with Gasteiger partial charge in [-0.2, -0.15) is 0 Å². The SMILES string of the molecule is COC(=O)CCc1ccc(OC(=O)C2CCC(CN)CC2)cc1. The molecule has 23 heavy (non-hydrogen) atoms. The van der Waals surface area contributed by atoms with E-state index in [-0.39, 0.29) is 17.9 Å². The van der Waals surface area contributed by atoms with Crippen molar-refractivity contribution >= 4 is 11.9 Å². The van der Waals surface area contributed by atoms with Crippen LogP contribution in [0.4, 0.5) is 0 Å². The summed E-state index contributed by atoms with van der Waals surface area (Å²) in [6, 6.07) is 7.29. The normalized spacial score (nSPS) is 20.8. The van der Waals surface area contributed by atoms with Crippen LogP contribution in [0.15, 0.2) is 24.3 Å². The average Bonchev–Trinajstić information content (AvgIpc) is 2.60. The van der Waals surface area contributed by atoms with Gasteiger partial charge in [-0.05, 0) is 62.3 Å². The van der Waals surface area contributed by atoms with Crippen molar-refractivity contribution in [3.63, 3.8) is 0 Å². The first kappa shape index (κ1) is 17.5. The fraction of sp³-hybridized carbons (Fsp3) is 0.556. The van der Waals surface area contributed by atoms with Crippen LogP contribution < -0.4 is 10.5 Å². The van der Waals surface area contributed by atoms with Crippen molar-refractivity contribution in [1.82, 2.24) is 0 Å². The number of aryl methyl sites for hydroxylation is 1. The van der Waals surface area contributed by atoms with Crippen molar-refractivity contribution in [2.45, 2.75) is 38.5 Å². The van der Waals surface area contributed by atoms with E-state index in [9.17, 15) is 9.59 Å². The number of methoxy groups -OCH3 is 1. The lowest BCUT2D eigenvalue weighted by molar-refractivity contribution is -0.141. The van der Waals surface area contributed by atoms with Crippen LogP contribution in [0, 0.1) is 11.8 Å². The van der Waals surface area contributed by atoms with Gasteiger partial charge in [0.15, 0.2) is 0 Å². The highest BCUT2D eigenvalue weighted by atomic mass is 16.5. The Labute approximate surface area is 137 Å². The Morgan fingerprint density at radius 1 is 1.13 bits per heavy atom. The molecule has 1 fully saturated rings. The number of benzene rings is 1. The molecule has 1 aliphatic carbocycles. The average molecular weight is 319 g/mol. The van der Waals surface area contributed by atoms with Gasteiger partial charge in [-0.25, -0.2) is 0 Å². The molecule has 1 aromatic carbocycles. The van der Waals surface area contributed by atoms with Crippen molar-refractivity contribution < 1.29 is 19.1 Å². The summed E-state index contributed by atoms with van der Waals surface area (Å²) in [7, 11) is 1.38. The highest BCUT2D eigenvalue weighted by Gasteiger charge is 2.27. The molecular weight excluding hydrogens is 294 g/mol. The predicted octanol–water partition coefficient (Wildman–Crippen LogP) is 2.46. The molecule has 0 aromatic heterocycles. The molecule has 5 heteroatoms. The standard InChI is InChI=1S/C18H25NO4/c1-22-17(20)11-6-13-4-9-16(10-5-13)23-18(21)15-7-2-14(12-19)3-8-15/h4-5,9-10,14-15H,2-3,6-8,11-12,19H2,1H3. The minimum Gasteiger partial charge on any atom is -0.469 e. The summed E-state index contributed by atoms with van der Waals surface area (Å²) in [5.41, 5.74) is 6.68. The fourth-order valence-corrected chi connectivity index (χ4v) is 2.91. The summed E-state index contributed by atoms with van der Waals surface area (Å²) >= 11 is 0. The van der Waals surface area contributed by atoms with E-state index in [1.165, 1.54) is 7.11 Å². The topological polar surface area (TPSA) is 78.6 Å². The second kappa shape index (κ2) is 8.67. The van der Waals surface area contributed by atoms with Crippen molar-refractivity contribution in [3.05, 3.63) is 29.8 Å². The molecule has 0 unspecified atom stereocenters. The zero-order chi connectivity index (χ0) is 16.7. The summed E-state index contributed by atoms with van der Waals surface area (Å²) < 4.78 is 10.1. The zero-order valence-corrected chi connectivity index (χ0v) is 13.6. The molecule has 0 spiro atoms. The van der Waals surface area contributed by atoms with Gasteiger partial charge in [0.05, 0.1) is 13.0 Å². The van der Waals surface area contributed by atoms with Crippen LogP contribution in [0.2, 0.25) is 0 Å². The van der Waals surface area contributed by atoms with Crippen LogP contribution in [0.3, 0.4) is 0 Å². The maximum absolute atomic E-state index is 12.2. The molecule has 5 nitrogen and oxygen atoms in total. The first-order chi connectivity index (χ1) is 11.1. The van der Waals surface area contributed by atoms with E-state index >= 15 is 0 Å². The monoisotopic (exact) mass is 319 g/mol. The first-order valence-electron chi connectivity index (χ1n) is 8.20. The lowest BCUT2D eigenvalue weighted by Crippen LogP contribution is -2.28. The van der Waals surface area contributed by atoms with E-state index in [2.05, 4.69) is 4.74 Å². The second-order valence-corrected chi connectivity index (χ2v) is 6.09. The van der Waals surface area contributed by atoms with Crippen molar-refractivity contribution in [2.75, 3.05) is 13.7 Å². The molecule has 0 bridgehead atoms. The van der Waals surface area contributed by atoms with Gasteiger partial charge in [-0.1, -0.05) is 12.1 Å². The van der Waals surface area contributed by atoms with Crippen LogP contribution in [-0.4, -0.2) is 25.6 Å². The van der Waals surface area contributed by atoms with Crippen LogP contribution in [-0.2, 0) is 20.7 Å². The highest BCUT2D eigenvalue weighted by Crippen LogP contribution is 2.29. The van der Waals surface area contributed by atoms with E-state index in [1.54, 1.807) is 12.1 Å². The van der Waals surface area contributed by atoms with Gasteiger partial charge >= 0.3 is 11.9 Å². The molecule has 1 aliphatic rings. The second-order valence-electron chi connectivity index (χ2n) is 6.09. The molecule has 0 atom stereocenters. The first-order valence-corrected chi connectivity index (χ1v) is 8.20. The Kier molecular flexibility index (Phi) is 6.59. The number of hydrogen-bond donors (Lipinski definition) is 1. The Hall–Kier alpha value is -1.88.